The zero-order valence-electron chi connectivity index (χ0n) is 11.6. The standard InChI is InChI=1S/C15H21ClN2O2/c16-15-6-9-3-10(7-15)5-14(4-9,8-15)13(20)18-11-1-2-17-12(11)19/h9-11H,1-8H2,(H,17,19)(H,18,20)/t9?,10?,11-,14?,15?/m1/s1. The molecule has 0 spiro atoms. The van der Waals surface area contributed by atoms with Gasteiger partial charge in [-0.25, -0.2) is 0 Å². The molecule has 1 saturated heterocycles. The zero-order chi connectivity index (χ0) is 14.0. The fourth-order valence-corrected chi connectivity index (χ4v) is 6.15. The van der Waals surface area contributed by atoms with Crippen molar-refractivity contribution in [3.05, 3.63) is 0 Å². The van der Waals surface area contributed by atoms with Gasteiger partial charge in [0.1, 0.15) is 6.04 Å². The highest BCUT2D eigenvalue weighted by atomic mass is 35.5. The third-order valence-electron chi connectivity index (χ3n) is 5.83. The van der Waals surface area contributed by atoms with Gasteiger partial charge in [-0.2, -0.15) is 0 Å². The van der Waals surface area contributed by atoms with Crippen molar-refractivity contribution in [2.24, 2.45) is 17.3 Å². The molecule has 0 aromatic rings. The summed E-state index contributed by atoms with van der Waals surface area (Å²) in [5.41, 5.74) is -0.297. The fourth-order valence-electron chi connectivity index (χ4n) is 5.46. The van der Waals surface area contributed by atoms with E-state index in [0.29, 0.717) is 24.8 Å². The summed E-state index contributed by atoms with van der Waals surface area (Å²) in [6.45, 7) is 0.668. The molecule has 1 aliphatic heterocycles. The van der Waals surface area contributed by atoms with Gasteiger partial charge < -0.3 is 10.6 Å². The first-order valence-corrected chi connectivity index (χ1v) is 8.14. The largest absolute Gasteiger partial charge is 0.354 e. The summed E-state index contributed by atoms with van der Waals surface area (Å²) in [6, 6.07) is -0.332. The van der Waals surface area contributed by atoms with Crippen molar-refractivity contribution < 1.29 is 9.59 Å². The van der Waals surface area contributed by atoms with Crippen molar-refractivity contribution in [2.45, 2.75) is 55.9 Å². The molecule has 5 fully saturated rings. The highest BCUT2D eigenvalue weighted by molar-refractivity contribution is 6.24. The number of nitrogens with one attached hydrogen (secondary N) is 2. The number of alkyl halides is 1. The second kappa shape index (κ2) is 4.12. The Kier molecular flexibility index (Phi) is 2.67. The maximum atomic E-state index is 12.8. The number of hydrogen-bond acceptors (Lipinski definition) is 2. The van der Waals surface area contributed by atoms with Crippen LogP contribution in [0.4, 0.5) is 0 Å². The van der Waals surface area contributed by atoms with E-state index in [2.05, 4.69) is 10.6 Å². The Bertz CT molecular complexity index is 464. The summed E-state index contributed by atoms with van der Waals surface area (Å²) in [5, 5.41) is 5.77. The van der Waals surface area contributed by atoms with Crippen LogP contribution in [0.1, 0.15) is 44.9 Å². The van der Waals surface area contributed by atoms with Crippen LogP contribution < -0.4 is 10.6 Å². The van der Waals surface area contributed by atoms with Crippen molar-refractivity contribution in [1.82, 2.24) is 10.6 Å². The predicted molar refractivity (Wildman–Crippen MR) is 75.3 cm³/mol. The molecule has 2 unspecified atom stereocenters. The second-order valence-electron chi connectivity index (χ2n) is 7.50. The first-order valence-electron chi connectivity index (χ1n) is 7.76. The summed E-state index contributed by atoms with van der Waals surface area (Å²) in [4.78, 5) is 24.3. The first kappa shape index (κ1) is 12.9. The minimum Gasteiger partial charge on any atom is -0.354 e. The molecule has 4 nitrogen and oxygen atoms in total. The molecule has 110 valence electrons. The van der Waals surface area contributed by atoms with Gasteiger partial charge in [-0.05, 0) is 56.8 Å². The van der Waals surface area contributed by atoms with Crippen LogP contribution in [0.25, 0.3) is 0 Å². The lowest BCUT2D eigenvalue weighted by Gasteiger charge is -2.59. The quantitative estimate of drug-likeness (QED) is 0.760. The number of carbonyl (C=O) groups excluding carboxylic acids is 2. The molecule has 2 amide bonds. The lowest BCUT2D eigenvalue weighted by atomic mass is 9.49. The molecule has 4 aliphatic carbocycles. The molecule has 0 radical (unpaired) electrons. The number of hydrogen-bond donors (Lipinski definition) is 2. The Morgan fingerprint density at radius 3 is 2.50 bits per heavy atom. The highest BCUT2D eigenvalue weighted by Gasteiger charge is 2.60. The van der Waals surface area contributed by atoms with Crippen molar-refractivity contribution in [2.75, 3.05) is 6.54 Å². The lowest BCUT2D eigenvalue weighted by Crippen LogP contribution is -2.59. The Labute approximate surface area is 124 Å². The average Bonchev–Trinajstić information content (AvgIpc) is 2.71. The minimum atomic E-state index is -0.332. The van der Waals surface area contributed by atoms with E-state index in [4.69, 9.17) is 11.6 Å². The molecule has 0 aromatic heterocycles. The van der Waals surface area contributed by atoms with Crippen LogP contribution in [-0.4, -0.2) is 29.3 Å². The predicted octanol–water partition coefficient (Wildman–Crippen LogP) is 1.57. The van der Waals surface area contributed by atoms with Crippen LogP contribution in [0.15, 0.2) is 0 Å². The van der Waals surface area contributed by atoms with Gasteiger partial charge in [0.05, 0.1) is 5.41 Å². The molecular formula is C15H21ClN2O2. The highest BCUT2D eigenvalue weighted by Crippen LogP contribution is 2.63. The van der Waals surface area contributed by atoms with E-state index < -0.39 is 0 Å². The van der Waals surface area contributed by atoms with Gasteiger partial charge in [-0.3, -0.25) is 9.59 Å². The summed E-state index contributed by atoms with van der Waals surface area (Å²) in [5.74, 6) is 1.26. The molecule has 4 bridgehead atoms. The van der Waals surface area contributed by atoms with Gasteiger partial charge in [0.15, 0.2) is 0 Å². The zero-order valence-corrected chi connectivity index (χ0v) is 12.3. The Balaban J connectivity index is 1.55. The van der Waals surface area contributed by atoms with Crippen molar-refractivity contribution in [3.8, 4) is 0 Å². The van der Waals surface area contributed by atoms with Crippen LogP contribution >= 0.6 is 11.6 Å². The van der Waals surface area contributed by atoms with Gasteiger partial charge in [0.25, 0.3) is 0 Å². The second-order valence-corrected chi connectivity index (χ2v) is 8.30. The van der Waals surface area contributed by atoms with Gasteiger partial charge >= 0.3 is 0 Å². The van der Waals surface area contributed by atoms with Gasteiger partial charge in [0, 0.05) is 11.4 Å². The number of carbonyl (C=O) groups is 2. The molecule has 1 heterocycles. The maximum absolute atomic E-state index is 12.8. The molecular weight excluding hydrogens is 276 g/mol. The van der Waals surface area contributed by atoms with Gasteiger partial charge in [0.2, 0.25) is 11.8 Å². The van der Waals surface area contributed by atoms with E-state index >= 15 is 0 Å². The molecule has 4 saturated carbocycles. The van der Waals surface area contributed by atoms with E-state index in [1.54, 1.807) is 0 Å². The maximum Gasteiger partial charge on any atom is 0.242 e. The first-order chi connectivity index (χ1) is 9.48. The third-order valence-corrected chi connectivity index (χ3v) is 6.27. The van der Waals surface area contributed by atoms with Crippen molar-refractivity contribution in [3.63, 3.8) is 0 Å². The van der Waals surface area contributed by atoms with Gasteiger partial charge in [-0.1, -0.05) is 0 Å². The normalized spacial score (nSPS) is 49.2. The molecule has 3 atom stereocenters. The van der Waals surface area contributed by atoms with Gasteiger partial charge in [-0.15, -0.1) is 11.6 Å². The van der Waals surface area contributed by atoms with Crippen LogP contribution in [-0.2, 0) is 9.59 Å². The summed E-state index contributed by atoms with van der Waals surface area (Å²) >= 11 is 6.75. The van der Waals surface area contributed by atoms with Crippen LogP contribution in [0.5, 0.6) is 0 Å². The summed E-state index contributed by atoms with van der Waals surface area (Å²) in [6.07, 6.45) is 6.84. The molecule has 2 N–H and O–H groups in total. The molecule has 5 aliphatic rings. The topological polar surface area (TPSA) is 58.2 Å². The van der Waals surface area contributed by atoms with E-state index in [-0.39, 0.29) is 28.1 Å². The Morgan fingerprint density at radius 1 is 1.25 bits per heavy atom. The molecule has 0 aromatic carbocycles. The minimum absolute atomic E-state index is 0.0383. The lowest BCUT2D eigenvalue weighted by molar-refractivity contribution is -0.146. The van der Waals surface area contributed by atoms with E-state index in [0.717, 1.165) is 32.1 Å². The Morgan fingerprint density at radius 2 is 1.95 bits per heavy atom. The number of rotatable bonds is 2. The van der Waals surface area contributed by atoms with E-state index in [1.807, 2.05) is 0 Å². The van der Waals surface area contributed by atoms with E-state index in [1.165, 1.54) is 6.42 Å². The third kappa shape index (κ3) is 1.87. The molecule has 5 rings (SSSR count). The van der Waals surface area contributed by atoms with Crippen molar-refractivity contribution >= 4 is 23.4 Å². The smallest absolute Gasteiger partial charge is 0.242 e. The number of amides is 2. The van der Waals surface area contributed by atoms with Crippen LogP contribution in [0.2, 0.25) is 0 Å². The molecule has 5 heteroatoms. The summed E-state index contributed by atoms with van der Waals surface area (Å²) in [7, 11) is 0. The SMILES string of the molecule is O=C1NCC[C@H]1NC(=O)C12CC3CC(CC(Cl)(C3)C1)C2. The van der Waals surface area contributed by atoms with E-state index in [9.17, 15) is 9.59 Å². The monoisotopic (exact) mass is 296 g/mol. The van der Waals surface area contributed by atoms with Crippen molar-refractivity contribution in [1.29, 1.82) is 0 Å². The summed E-state index contributed by atoms with van der Waals surface area (Å²) < 4.78 is 0. The fraction of sp³-hybridized carbons (Fsp3) is 0.867. The van der Waals surface area contributed by atoms with Crippen LogP contribution in [0, 0.1) is 17.3 Å². The molecule has 20 heavy (non-hydrogen) atoms. The van der Waals surface area contributed by atoms with Crippen LogP contribution in [0.3, 0.4) is 0 Å². The number of halogens is 1. The Hall–Kier alpha value is -0.770. The average molecular weight is 297 g/mol.